The average Bonchev–Trinajstić information content (AvgIpc) is 3.07. The zero-order chi connectivity index (χ0) is 21.3. The van der Waals surface area contributed by atoms with E-state index >= 15 is 0 Å². The molecule has 29 heavy (non-hydrogen) atoms. The highest BCUT2D eigenvalue weighted by atomic mass is 35.5. The first-order valence-electron chi connectivity index (χ1n) is 8.85. The second-order valence-electron chi connectivity index (χ2n) is 6.75. The summed E-state index contributed by atoms with van der Waals surface area (Å²) >= 11 is 6.14. The quantitative estimate of drug-likeness (QED) is 0.619. The van der Waals surface area contributed by atoms with E-state index in [1.165, 1.54) is 0 Å². The zero-order valence-electron chi connectivity index (χ0n) is 16.1. The normalized spacial score (nSPS) is 11.8. The summed E-state index contributed by atoms with van der Waals surface area (Å²) in [6, 6.07) is 7.27. The Morgan fingerprint density at radius 1 is 1.21 bits per heavy atom. The van der Waals surface area contributed by atoms with Crippen LogP contribution in [-0.4, -0.2) is 37.4 Å². The highest BCUT2D eigenvalue weighted by Gasteiger charge is 2.37. The van der Waals surface area contributed by atoms with Gasteiger partial charge in [0.25, 0.3) is 11.6 Å². The van der Waals surface area contributed by atoms with E-state index in [1.807, 2.05) is 18.2 Å². The van der Waals surface area contributed by atoms with Crippen LogP contribution in [-0.2, 0) is 23.9 Å². The number of rotatable bonds is 5. The standard InChI is InChI=1S/C19H19ClF3N5O/c1-11-14(12(2)28-18(24-11)25-17(26-28)19(21,22)23)8-9-16(29)27(3)10-13-6-4-5-7-15(13)20/h4-7H,8-10H2,1-3H3. The Balaban J connectivity index is 1.76. The molecular weight excluding hydrogens is 407 g/mol. The lowest BCUT2D eigenvalue weighted by molar-refractivity contribution is -0.144. The van der Waals surface area contributed by atoms with E-state index in [0.717, 1.165) is 10.1 Å². The summed E-state index contributed by atoms with van der Waals surface area (Å²) < 4.78 is 39.7. The van der Waals surface area contributed by atoms with Gasteiger partial charge in [-0.15, -0.1) is 5.10 Å². The minimum Gasteiger partial charge on any atom is -0.341 e. The largest absolute Gasteiger partial charge is 0.453 e. The van der Waals surface area contributed by atoms with Crippen LogP contribution in [0.5, 0.6) is 0 Å². The van der Waals surface area contributed by atoms with Gasteiger partial charge >= 0.3 is 6.18 Å². The van der Waals surface area contributed by atoms with Crippen molar-refractivity contribution < 1.29 is 18.0 Å². The van der Waals surface area contributed by atoms with E-state index in [0.29, 0.717) is 34.9 Å². The number of halogens is 4. The van der Waals surface area contributed by atoms with Crippen molar-refractivity contribution in [1.29, 1.82) is 0 Å². The molecule has 0 N–H and O–H groups in total. The van der Waals surface area contributed by atoms with Crippen LogP contribution < -0.4 is 0 Å². The maximum absolute atomic E-state index is 12.9. The van der Waals surface area contributed by atoms with Crippen LogP contribution in [0.4, 0.5) is 13.2 Å². The summed E-state index contributed by atoms with van der Waals surface area (Å²) in [6.45, 7) is 3.69. The third-order valence-corrected chi connectivity index (χ3v) is 5.05. The SMILES string of the molecule is Cc1nc2nc(C(F)(F)F)nn2c(C)c1CCC(=O)N(C)Cc1ccccc1Cl. The molecule has 1 amide bonds. The predicted octanol–water partition coefficient (Wildman–Crippen LogP) is 4.00. The molecule has 0 radical (unpaired) electrons. The first kappa shape index (κ1) is 21.0. The molecule has 0 unspecified atom stereocenters. The molecule has 0 fully saturated rings. The van der Waals surface area contributed by atoms with Crippen LogP contribution >= 0.6 is 11.6 Å². The van der Waals surface area contributed by atoms with Gasteiger partial charge in [0.2, 0.25) is 5.91 Å². The second kappa shape index (κ2) is 7.98. The van der Waals surface area contributed by atoms with Gasteiger partial charge in [0.1, 0.15) is 0 Å². The smallest absolute Gasteiger partial charge is 0.341 e. The molecule has 0 saturated heterocycles. The molecule has 0 saturated carbocycles. The van der Waals surface area contributed by atoms with Crippen molar-refractivity contribution in [2.45, 2.75) is 39.4 Å². The van der Waals surface area contributed by atoms with Crippen molar-refractivity contribution >= 4 is 23.3 Å². The summed E-state index contributed by atoms with van der Waals surface area (Å²) in [5.74, 6) is -1.46. The van der Waals surface area contributed by atoms with Gasteiger partial charge in [-0.2, -0.15) is 18.2 Å². The second-order valence-corrected chi connectivity index (χ2v) is 7.15. The number of carbonyl (C=O) groups is 1. The molecule has 2 aromatic heterocycles. The lowest BCUT2D eigenvalue weighted by Crippen LogP contribution is -2.26. The predicted molar refractivity (Wildman–Crippen MR) is 102 cm³/mol. The maximum Gasteiger partial charge on any atom is 0.453 e. The van der Waals surface area contributed by atoms with Crippen molar-refractivity contribution in [3.63, 3.8) is 0 Å². The number of hydrogen-bond acceptors (Lipinski definition) is 4. The van der Waals surface area contributed by atoms with Crippen molar-refractivity contribution in [2.75, 3.05) is 7.05 Å². The Morgan fingerprint density at radius 3 is 2.55 bits per heavy atom. The van der Waals surface area contributed by atoms with Gasteiger partial charge in [0.05, 0.1) is 0 Å². The van der Waals surface area contributed by atoms with Crippen LogP contribution in [0.1, 0.15) is 34.8 Å². The number of hydrogen-bond donors (Lipinski definition) is 0. The summed E-state index contributed by atoms with van der Waals surface area (Å²) in [5, 5.41) is 4.10. The van der Waals surface area contributed by atoms with E-state index in [1.54, 1.807) is 31.9 Å². The van der Waals surface area contributed by atoms with Crippen LogP contribution in [0.2, 0.25) is 5.02 Å². The number of alkyl halides is 3. The van der Waals surface area contributed by atoms with Gasteiger partial charge in [0.15, 0.2) is 0 Å². The van der Waals surface area contributed by atoms with Crippen molar-refractivity contribution in [3.05, 3.63) is 57.6 Å². The minimum absolute atomic E-state index is 0.113. The van der Waals surface area contributed by atoms with Crippen LogP contribution in [0.15, 0.2) is 24.3 Å². The van der Waals surface area contributed by atoms with Crippen molar-refractivity contribution in [1.82, 2.24) is 24.5 Å². The van der Waals surface area contributed by atoms with Crippen LogP contribution in [0.3, 0.4) is 0 Å². The van der Waals surface area contributed by atoms with Crippen LogP contribution in [0.25, 0.3) is 5.78 Å². The number of aryl methyl sites for hydroxylation is 2. The molecule has 0 spiro atoms. The Labute approximate surface area is 170 Å². The molecule has 1 aromatic carbocycles. The van der Waals surface area contributed by atoms with Gasteiger partial charge < -0.3 is 4.90 Å². The van der Waals surface area contributed by atoms with E-state index in [-0.39, 0.29) is 18.1 Å². The number of nitrogens with zero attached hydrogens (tertiary/aromatic N) is 5. The summed E-state index contributed by atoms with van der Waals surface area (Å²) in [4.78, 5) is 21.7. The van der Waals surface area contributed by atoms with E-state index < -0.39 is 12.0 Å². The fourth-order valence-electron chi connectivity index (χ4n) is 3.08. The Bertz CT molecular complexity index is 1060. The topological polar surface area (TPSA) is 63.4 Å². The van der Waals surface area contributed by atoms with E-state index in [9.17, 15) is 18.0 Å². The van der Waals surface area contributed by atoms with Gasteiger partial charge in [-0.25, -0.2) is 9.50 Å². The minimum atomic E-state index is -4.65. The van der Waals surface area contributed by atoms with Crippen LogP contribution in [0, 0.1) is 13.8 Å². The third-order valence-electron chi connectivity index (χ3n) is 4.68. The third kappa shape index (κ3) is 4.50. The summed E-state index contributed by atoms with van der Waals surface area (Å²) in [7, 11) is 1.68. The lowest BCUT2D eigenvalue weighted by Gasteiger charge is -2.18. The molecule has 3 aromatic rings. The average molecular weight is 426 g/mol. The molecule has 0 atom stereocenters. The number of benzene rings is 1. The molecule has 6 nitrogen and oxygen atoms in total. The molecule has 2 heterocycles. The number of aromatic nitrogens is 4. The first-order valence-corrected chi connectivity index (χ1v) is 9.23. The Morgan fingerprint density at radius 2 is 1.90 bits per heavy atom. The van der Waals surface area contributed by atoms with Gasteiger partial charge in [0, 0.05) is 36.4 Å². The molecule has 0 bridgehead atoms. The fraction of sp³-hybridized carbons (Fsp3) is 0.368. The molecule has 154 valence electrons. The summed E-state index contributed by atoms with van der Waals surface area (Å²) in [5.41, 5.74) is 2.52. The first-order chi connectivity index (χ1) is 13.6. The molecule has 3 rings (SSSR count). The lowest BCUT2D eigenvalue weighted by atomic mass is 10.1. The Hall–Kier alpha value is -2.68. The number of amides is 1. The maximum atomic E-state index is 12.9. The highest BCUT2D eigenvalue weighted by Crippen LogP contribution is 2.27. The molecule has 0 aliphatic rings. The van der Waals surface area contributed by atoms with E-state index in [4.69, 9.17) is 11.6 Å². The fourth-order valence-corrected chi connectivity index (χ4v) is 3.28. The van der Waals surface area contributed by atoms with Crippen molar-refractivity contribution in [2.24, 2.45) is 0 Å². The molecular formula is C19H19ClF3N5O. The Kier molecular flexibility index (Phi) is 5.79. The summed E-state index contributed by atoms with van der Waals surface area (Å²) in [6.07, 6.45) is -4.14. The zero-order valence-corrected chi connectivity index (χ0v) is 16.8. The molecule has 0 aliphatic carbocycles. The van der Waals surface area contributed by atoms with Gasteiger partial charge in [-0.05, 0) is 37.5 Å². The monoisotopic (exact) mass is 425 g/mol. The number of fused-ring (bicyclic) bond motifs is 1. The molecule has 0 aliphatic heterocycles. The van der Waals surface area contributed by atoms with Crippen molar-refractivity contribution in [3.8, 4) is 0 Å². The van der Waals surface area contributed by atoms with Gasteiger partial charge in [-0.3, -0.25) is 4.79 Å². The van der Waals surface area contributed by atoms with E-state index in [2.05, 4.69) is 15.1 Å². The van der Waals surface area contributed by atoms with Gasteiger partial charge in [-0.1, -0.05) is 29.8 Å². The number of carbonyl (C=O) groups excluding carboxylic acids is 1. The molecule has 10 heteroatoms. The highest BCUT2D eigenvalue weighted by molar-refractivity contribution is 6.31.